The summed E-state index contributed by atoms with van der Waals surface area (Å²) < 4.78 is 33.1. The van der Waals surface area contributed by atoms with E-state index in [1.54, 1.807) is 30.3 Å². The molecule has 1 aliphatic heterocycles. The largest absolute Gasteiger partial charge is 0.383 e. The number of likely N-dealkylation sites (N-methyl/N-ethyl adjacent to an activating group) is 1. The van der Waals surface area contributed by atoms with Crippen LogP contribution in [0.1, 0.15) is 18.9 Å². The topological polar surface area (TPSA) is 114 Å². The molecule has 1 aliphatic rings. The maximum Gasteiger partial charge on any atom is 0.240 e. The van der Waals surface area contributed by atoms with Crippen molar-refractivity contribution in [1.82, 2.24) is 14.7 Å². The van der Waals surface area contributed by atoms with Crippen LogP contribution in [-0.4, -0.2) is 51.1 Å². The minimum Gasteiger partial charge on any atom is -0.383 e. The van der Waals surface area contributed by atoms with E-state index in [1.165, 1.54) is 19.2 Å². The Morgan fingerprint density at radius 2 is 1.88 bits per heavy atom. The number of aromatic nitrogens is 2. The van der Waals surface area contributed by atoms with E-state index >= 15 is 0 Å². The Balaban J connectivity index is 1.57. The van der Waals surface area contributed by atoms with Gasteiger partial charge in [0.1, 0.15) is 0 Å². The minimum absolute atomic E-state index is 0.0308. The van der Waals surface area contributed by atoms with Gasteiger partial charge in [0.15, 0.2) is 0 Å². The van der Waals surface area contributed by atoms with Crippen LogP contribution in [0.15, 0.2) is 59.6 Å². The average molecular weight is 482 g/mol. The van der Waals surface area contributed by atoms with Gasteiger partial charge in [-0.2, -0.15) is 0 Å². The lowest BCUT2D eigenvalue weighted by atomic mass is 10.1. The van der Waals surface area contributed by atoms with Gasteiger partial charge in [0.2, 0.25) is 21.9 Å². The highest BCUT2D eigenvalue weighted by molar-refractivity contribution is 7.89. The highest BCUT2D eigenvalue weighted by atomic mass is 32.2. The molecule has 3 aromatic rings. The van der Waals surface area contributed by atoms with E-state index in [1.807, 2.05) is 31.2 Å². The number of nitrogens with zero attached hydrogens (tertiary/aromatic N) is 3. The summed E-state index contributed by atoms with van der Waals surface area (Å²) in [5.74, 6) is 0.321. The Kier molecular flexibility index (Phi) is 6.92. The van der Waals surface area contributed by atoms with Crippen LogP contribution in [0, 0.1) is 0 Å². The van der Waals surface area contributed by atoms with Crippen LogP contribution in [0.2, 0.25) is 0 Å². The van der Waals surface area contributed by atoms with Crippen molar-refractivity contribution in [3.05, 3.63) is 60.3 Å². The quantitative estimate of drug-likeness (QED) is 0.508. The molecule has 0 radical (unpaired) electrons. The number of benzene rings is 2. The van der Waals surface area contributed by atoms with E-state index in [9.17, 15) is 13.2 Å². The molecule has 1 unspecified atom stereocenters. The predicted molar refractivity (Wildman–Crippen MR) is 131 cm³/mol. The maximum atomic E-state index is 12.7. The molecule has 4 rings (SSSR count). The van der Waals surface area contributed by atoms with Crippen LogP contribution in [0.3, 0.4) is 0 Å². The predicted octanol–water partition coefficient (Wildman–Crippen LogP) is 3.11. The van der Waals surface area contributed by atoms with E-state index in [0.717, 1.165) is 16.8 Å². The zero-order valence-electron chi connectivity index (χ0n) is 19.3. The normalized spacial score (nSPS) is 14.2. The third-order valence-corrected chi connectivity index (χ3v) is 7.24. The van der Waals surface area contributed by atoms with E-state index in [0.29, 0.717) is 30.4 Å². The van der Waals surface area contributed by atoms with Crippen LogP contribution in [-0.2, 0) is 26.0 Å². The van der Waals surface area contributed by atoms with Crippen molar-refractivity contribution in [2.75, 3.05) is 31.0 Å². The molecule has 2 heterocycles. The zero-order chi connectivity index (χ0) is 24.3. The van der Waals surface area contributed by atoms with Crippen LogP contribution < -0.4 is 14.9 Å². The number of amides is 1. The molecule has 178 valence electrons. The van der Waals surface area contributed by atoms with Gasteiger partial charge in [-0.3, -0.25) is 4.79 Å². The molecule has 10 heteroatoms. The standard InChI is InChI=1S/C24H27N5O4S/c1-4-17(15-33-3)28-34(31,32)19-11-9-18(10-12-19)26-24-25-14-16-13-22(30)29(2)21-8-6-5-7-20(21)23(16)27-24/h5-12,14,17,28H,4,13,15H2,1-3H3,(H,25,26,27). The lowest BCUT2D eigenvalue weighted by Crippen LogP contribution is -2.37. The summed E-state index contributed by atoms with van der Waals surface area (Å²) in [6.07, 6.45) is 2.48. The Morgan fingerprint density at radius 1 is 1.15 bits per heavy atom. The summed E-state index contributed by atoms with van der Waals surface area (Å²) in [7, 11) is -0.379. The van der Waals surface area contributed by atoms with Crippen molar-refractivity contribution in [2.45, 2.75) is 30.7 Å². The molecule has 2 aromatic carbocycles. The van der Waals surface area contributed by atoms with Crippen molar-refractivity contribution in [2.24, 2.45) is 0 Å². The van der Waals surface area contributed by atoms with Crippen molar-refractivity contribution in [3.63, 3.8) is 0 Å². The number of hydrogen-bond acceptors (Lipinski definition) is 7. The smallest absolute Gasteiger partial charge is 0.240 e. The summed E-state index contributed by atoms with van der Waals surface area (Å²) in [6, 6.07) is 13.7. The number of carbonyl (C=O) groups is 1. The molecule has 1 amide bonds. The van der Waals surface area contributed by atoms with Crippen LogP contribution in [0.4, 0.5) is 17.3 Å². The van der Waals surface area contributed by atoms with Gasteiger partial charge in [-0.1, -0.05) is 25.1 Å². The van der Waals surface area contributed by atoms with Crippen LogP contribution in [0.5, 0.6) is 0 Å². The number of sulfonamides is 1. The molecule has 0 fully saturated rings. The third-order valence-electron chi connectivity index (χ3n) is 5.70. The Labute approximate surface area is 199 Å². The molecule has 1 atom stereocenters. The summed E-state index contributed by atoms with van der Waals surface area (Å²) in [4.78, 5) is 23.4. The van der Waals surface area contributed by atoms with Gasteiger partial charge < -0.3 is 15.0 Å². The number of nitrogens with one attached hydrogen (secondary N) is 2. The van der Waals surface area contributed by atoms with Gasteiger partial charge in [-0.05, 0) is 36.8 Å². The molecular weight excluding hydrogens is 454 g/mol. The molecule has 0 saturated heterocycles. The number of methoxy groups -OCH3 is 1. The Morgan fingerprint density at radius 3 is 2.59 bits per heavy atom. The second-order valence-corrected chi connectivity index (χ2v) is 9.76. The fourth-order valence-corrected chi connectivity index (χ4v) is 5.09. The van der Waals surface area contributed by atoms with Crippen molar-refractivity contribution in [1.29, 1.82) is 0 Å². The lowest BCUT2D eigenvalue weighted by Gasteiger charge is -2.17. The van der Waals surface area contributed by atoms with Crippen molar-refractivity contribution in [3.8, 4) is 11.3 Å². The first kappa shape index (κ1) is 23.8. The lowest BCUT2D eigenvalue weighted by molar-refractivity contribution is -0.117. The number of ether oxygens (including phenoxy) is 1. The Hall–Kier alpha value is -3.34. The fourth-order valence-electron chi connectivity index (χ4n) is 3.78. The summed E-state index contributed by atoms with van der Waals surface area (Å²) in [5, 5.41) is 3.12. The number of hydrogen-bond donors (Lipinski definition) is 2. The third kappa shape index (κ3) is 4.93. The molecule has 0 bridgehead atoms. The molecular formula is C24H27N5O4S. The Bertz CT molecular complexity index is 1290. The number of anilines is 3. The first-order valence-corrected chi connectivity index (χ1v) is 12.4. The molecule has 2 N–H and O–H groups in total. The molecule has 0 saturated carbocycles. The second kappa shape index (κ2) is 9.88. The molecule has 1 aromatic heterocycles. The van der Waals surface area contributed by atoms with Crippen molar-refractivity contribution < 1.29 is 17.9 Å². The molecule has 0 aliphatic carbocycles. The minimum atomic E-state index is -3.67. The van der Waals surface area contributed by atoms with Crippen LogP contribution in [0.25, 0.3) is 11.3 Å². The highest BCUT2D eigenvalue weighted by Gasteiger charge is 2.25. The van der Waals surface area contributed by atoms with E-state index in [2.05, 4.69) is 20.0 Å². The number of rotatable bonds is 8. The highest BCUT2D eigenvalue weighted by Crippen LogP contribution is 2.35. The number of para-hydroxylation sites is 1. The fraction of sp³-hybridized carbons (Fsp3) is 0.292. The maximum absolute atomic E-state index is 12.7. The molecule has 0 spiro atoms. The van der Waals surface area contributed by atoms with Crippen molar-refractivity contribution >= 4 is 33.3 Å². The van der Waals surface area contributed by atoms with E-state index in [-0.39, 0.29) is 23.3 Å². The van der Waals surface area contributed by atoms with Gasteiger partial charge >= 0.3 is 0 Å². The monoisotopic (exact) mass is 481 g/mol. The zero-order valence-corrected chi connectivity index (χ0v) is 20.1. The van der Waals surface area contributed by atoms with Crippen LogP contribution >= 0.6 is 0 Å². The van der Waals surface area contributed by atoms with Gasteiger partial charge in [-0.25, -0.2) is 23.1 Å². The molecule has 9 nitrogen and oxygen atoms in total. The SMILES string of the molecule is CCC(COC)NS(=O)(=O)c1ccc(Nc2ncc3c(n2)-c2ccccc2N(C)C(=O)C3)cc1. The molecule has 34 heavy (non-hydrogen) atoms. The van der Waals surface area contributed by atoms with Gasteiger partial charge in [-0.15, -0.1) is 0 Å². The second-order valence-electron chi connectivity index (χ2n) is 8.05. The first-order valence-electron chi connectivity index (χ1n) is 10.9. The number of fused-ring (bicyclic) bond motifs is 3. The summed E-state index contributed by atoms with van der Waals surface area (Å²) >= 11 is 0. The van der Waals surface area contributed by atoms with Gasteiger partial charge in [0, 0.05) is 43.2 Å². The van der Waals surface area contributed by atoms with Gasteiger partial charge in [0.05, 0.1) is 29.3 Å². The average Bonchev–Trinajstić information content (AvgIpc) is 2.94. The first-order chi connectivity index (χ1) is 16.3. The van der Waals surface area contributed by atoms with E-state index in [4.69, 9.17) is 4.74 Å². The summed E-state index contributed by atoms with van der Waals surface area (Å²) in [6.45, 7) is 2.20. The summed E-state index contributed by atoms with van der Waals surface area (Å²) in [5.41, 5.74) is 3.72. The van der Waals surface area contributed by atoms with Gasteiger partial charge in [0.25, 0.3) is 0 Å². The number of carbonyl (C=O) groups excluding carboxylic acids is 1. The van der Waals surface area contributed by atoms with E-state index < -0.39 is 10.0 Å².